The van der Waals surface area contributed by atoms with Gasteiger partial charge in [0.15, 0.2) is 0 Å². The van der Waals surface area contributed by atoms with Crippen LogP contribution in [0.4, 0.5) is 18.9 Å². The molecule has 0 atom stereocenters. The number of nitrogens with zero attached hydrogens (tertiary/aromatic N) is 4. The standard InChI is InChI=1S/C24H21F3N4O4S/c1-16-20(15-29-9-11-30(12-10-29)36(34,35)19-5-3-2-4-6-19)23(33)31(22(16)32)18-8-7-17(14-28)21(13-18)24(25,26)27/h2-8,13H,9-12,15H2,1H3. The minimum Gasteiger partial charge on any atom is -0.296 e. The maximum atomic E-state index is 13.4. The largest absolute Gasteiger partial charge is 0.417 e. The van der Waals surface area contributed by atoms with Gasteiger partial charge in [0, 0.05) is 43.9 Å². The molecule has 0 saturated carbocycles. The Bertz CT molecular complexity index is 1390. The van der Waals surface area contributed by atoms with Gasteiger partial charge in [0.1, 0.15) is 0 Å². The van der Waals surface area contributed by atoms with Crippen LogP contribution in [-0.4, -0.2) is 62.2 Å². The van der Waals surface area contributed by atoms with Crippen molar-refractivity contribution in [3.05, 3.63) is 70.8 Å². The zero-order chi connectivity index (χ0) is 26.3. The summed E-state index contributed by atoms with van der Waals surface area (Å²) in [5, 5.41) is 8.99. The smallest absolute Gasteiger partial charge is 0.296 e. The van der Waals surface area contributed by atoms with E-state index in [0.717, 1.165) is 12.1 Å². The Balaban J connectivity index is 1.48. The summed E-state index contributed by atoms with van der Waals surface area (Å²) in [6.45, 7) is 2.45. The molecule has 0 N–H and O–H groups in total. The summed E-state index contributed by atoms with van der Waals surface area (Å²) in [5.41, 5.74) is -1.87. The van der Waals surface area contributed by atoms with Crippen molar-refractivity contribution in [1.82, 2.24) is 9.21 Å². The molecule has 188 valence electrons. The van der Waals surface area contributed by atoms with Crippen LogP contribution in [0.1, 0.15) is 18.1 Å². The molecular weight excluding hydrogens is 497 g/mol. The highest BCUT2D eigenvalue weighted by Crippen LogP contribution is 2.36. The Morgan fingerprint density at radius 2 is 1.61 bits per heavy atom. The molecule has 2 heterocycles. The number of carbonyl (C=O) groups excluding carboxylic acids is 2. The van der Waals surface area contributed by atoms with Gasteiger partial charge in [0.05, 0.1) is 27.8 Å². The molecule has 0 aliphatic carbocycles. The minimum atomic E-state index is -4.84. The monoisotopic (exact) mass is 518 g/mol. The van der Waals surface area contributed by atoms with Gasteiger partial charge in [-0.15, -0.1) is 0 Å². The molecule has 36 heavy (non-hydrogen) atoms. The number of carbonyl (C=O) groups is 2. The summed E-state index contributed by atoms with van der Waals surface area (Å²) in [7, 11) is -3.66. The molecule has 1 saturated heterocycles. The van der Waals surface area contributed by atoms with Crippen molar-refractivity contribution in [3.8, 4) is 6.07 Å². The quantitative estimate of drug-likeness (QED) is 0.565. The second kappa shape index (κ2) is 9.50. The van der Waals surface area contributed by atoms with Gasteiger partial charge >= 0.3 is 6.18 Å². The van der Waals surface area contributed by atoms with E-state index in [0.29, 0.717) is 24.1 Å². The van der Waals surface area contributed by atoms with Crippen LogP contribution in [0.2, 0.25) is 0 Å². The molecular formula is C24H21F3N4O4S. The lowest BCUT2D eigenvalue weighted by Gasteiger charge is -2.34. The van der Waals surface area contributed by atoms with Gasteiger partial charge in [-0.25, -0.2) is 13.3 Å². The van der Waals surface area contributed by atoms with E-state index < -0.39 is 39.1 Å². The first-order chi connectivity index (χ1) is 16.9. The highest BCUT2D eigenvalue weighted by Gasteiger charge is 2.40. The van der Waals surface area contributed by atoms with Crippen LogP contribution >= 0.6 is 0 Å². The first kappa shape index (κ1) is 25.6. The fraction of sp³-hybridized carbons (Fsp3) is 0.292. The average molecular weight is 519 g/mol. The molecule has 12 heteroatoms. The van der Waals surface area contributed by atoms with Crippen molar-refractivity contribution >= 4 is 27.5 Å². The number of hydrogen-bond donors (Lipinski definition) is 0. The van der Waals surface area contributed by atoms with E-state index in [1.165, 1.54) is 29.4 Å². The van der Waals surface area contributed by atoms with E-state index in [1.54, 1.807) is 18.2 Å². The van der Waals surface area contributed by atoms with Crippen molar-refractivity contribution < 1.29 is 31.2 Å². The first-order valence-corrected chi connectivity index (χ1v) is 12.4. The Morgan fingerprint density at radius 1 is 0.972 bits per heavy atom. The van der Waals surface area contributed by atoms with E-state index in [4.69, 9.17) is 5.26 Å². The van der Waals surface area contributed by atoms with Gasteiger partial charge < -0.3 is 0 Å². The van der Waals surface area contributed by atoms with Crippen molar-refractivity contribution in [2.75, 3.05) is 37.6 Å². The van der Waals surface area contributed by atoms with Crippen LogP contribution in [0.3, 0.4) is 0 Å². The van der Waals surface area contributed by atoms with E-state index in [-0.39, 0.29) is 41.4 Å². The Morgan fingerprint density at radius 3 is 2.19 bits per heavy atom. The number of halogens is 3. The van der Waals surface area contributed by atoms with Crippen LogP contribution in [0.25, 0.3) is 0 Å². The van der Waals surface area contributed by atoms with Crippen LogP contribution in [0, 0.1) is 11.3 Å². The molecule has 2 aromatic rings. The predicted octanol–water partition coefficient (Wildman–Crippen LogP) is 2.77. The second-order valence-electron chi connectivity index (χ2n) is 8.38. The zero-order valence-corrected chi connectivity index (χ0v) is 19.9. The van der Waals surface area contributed by atoms with Gasteiger partial charge in [-0.2, -0.15) is 22.7 Å². The number of alkyl halides is 3. The number of sulfonamides is 1. The van der Waals surface area contributed by atoms with Crippen molar-refractivity contribution in [1.29, 1.82) is 5.26 Å². The lowest BCUT2D eigenvalue weighted by Crippen LogP contribution is -2.49. The van der Waals surface area contributed by atoms with Crippen LogP contribution in [0.5, 0.6) is 0 Å². The lowest BCUT2D eigenvalue weighted by atomic mass is 10.1. The van der Waals surface area contributed by atoms with Gasteiger partial charge in [-0.3, -0.25) is 14.5 Å². The summed E-state index contributed by atoms with van der Waals surface area (Å²) < 4.78 is 67.1. The average Bonchev–Trinajstić information content (AvgIpc) is 3.07. The summed E-state index contributed by atoms with van der Waals surface area (Å²) in [5.74, 6) is -1.48. The fourth-order valence-corrected chi connectivity index (χ4v) is 5.64. The molecule has 0 unspecified atom stereocenters. The number of hydrogen-bond acceptors (Lipinski definition) is 6. The summed E-state index contributed by atoms with van der Waals surface area (Å²) in [6.07, 6.45) is -4.84. The minimum absolute atomic E-state index is 0.0501. The summed E-state index contributed by atoms with van der Waals surface area (Å²) in [4.78, 5) is 28.6. The van der Waals surface area contributed by atoms with E-state index >= 15 is 0 Å². The number of anilines is 1. The Kier molecular flexibility index (Phi) is 6.74. The molecule has 0 radical (unpaired) electrons. The molecule has 2 aliphatic rings. The first-order valence-electron chi connectivity index (χ1n) is 10.9. The molecule has 0 bridgehead atoms. The maximum Gasteiger partial charge on any atom is 0.417 e. The number of amides is 2. The SMILES string of the molecule is CC1=C(CN2CCN(S(=O)(=O)c3ccccc3)CC2)C(=O)N(c2ccc(C#N)c(C(F)(F)F)c2)C1=O. The Labute approximate surface area is 205 Å². The van der Waals surface area contributed by atoms with E-state index in [2.05, 4.69) is 0 Å². The molecule has 4 rings (SSSR count). The number of rotatable bonds is 5. The molecule has 0 aromatic heterocycles. The summed E-state index contributed by atoms with van der Waals surface area (Å²) >= 11 is 0. The lowest BCUT2D eigenvalue weighted by molar-refractivity contribution is -0.138. The van der Waals surface area contributed by atoms with Gasteiger partial charge in [-0.05, 0) is 37.3 Å². The van der Waals surface area contributed by atoms with Gasteiger partial charge in [-0.1, -0.05) is 18.2 Å². The topological polar surface area (TPSA) is 102 Å². The molecule has 2 aliphatic heterocycles. The highest BCUT2D eigenvalue weighted by atomic mass is 32.2. The molecule has 2 aromatic carbocycles. The predicted molar refractivity (Wildman–Crippen MR) is 123 cm³/mol. The third-order valence-electron chi connectivity index (χ3n) is 6.22. The third kappa shape index (κ3) is 4.65. The van der Waals surface area contributed by atoms with Gasteiger partial charge in [0.2, 0.25) is 10.0 Å². The second-order valence-corrected chi connectivity index (χ2v) is 10.3. The number of nitriles is 1. The van der Waals surface area contributed by atoms with Crippen LogP contribution in [-0.2, 0) is 25.8 Å². The molecule has 2 amide bonds. The number of piperazine rings is 1. The zero-order valence-electron chi connectivity index (χ0n) is 19.1. The summed E-state index contributed by atoms with van der Waals surface area (Å²) in [6, 6.07) is 12.2. The molecule has 0 spiro atoms. The van der Waals surface area contributed by atoms with Gasteiger partial charge in [0.25, 0.3) is 11.8 Å². The fourth-order valence-electron chi connectivity index (χ4n) is 4.20. The van der Waals surface area contributed by atoms with E-state index in [1.807, 2.05) is 4.90 Å². The Hall–Kier alpha value is -3.53. The molecule has 8 nitrogen and oxygen atoms in total. The molecule has 1 fully saturated rings. The van der Waals surface area contributed by atoms with Crippen molar-refractivity contribution in [2.24, 2.45) is 0 Å². The maximum absolute atomic E-state index is 13.4. The number of benzene rings is 2. The van der Waals surface area contributed by atoms with Crippen LogP contribution in [0.15, 0.2) is 64.6 Å². The van der Waals surface area contributed by atoms with Crippen molar-refractivity contribution in [3.63, 3.8) is 0 Å². The van der Waals surface area contributed by atoms with E-state index in [9.17, 15) is 31.2 Å². The van der Waals surface area contributed by atoms with Crippen molar-refractivity contribution in [2.45, 2.75) is 18.0 Å². The third-order valence-corrected chi connectivity index (χ3v) is 8.13. The van der Waals surface area contributed by atoms with Crippen LogP contribution < -0.4 is 4.90 Å². The highest BCUT2D eigenvalue weighted by molar-refractivity contribution is 7.89. The number of imide groups is 1. The normalized spacial score (nSPS) is 18.1.